The Morgan fingerprint density at radius 3 is 3.00 bits per heavy atom. The molecule has 16 heavy (non-hydrogen) atoms. The highest BCUT2D eigenvalue weighted by molar-refractivity contribution is 7.80. The highest BCUT2D eigenvalue weighted by Gasteiger charge is 2.22. The largest absolute Gasteiger partial charge is 0.360 e. The molecule has 1 aromatic heterocycles. The van der Waals surface area contributed by atoms with Crippen molar-refractivity contribution in [2.75, 3.05) is 13.6 Å². The zero-order valence-corrected chi connectivity index (χ0v) is 10.3. The van der Waals surface area contributed by atoms with E-state index < -0.39 is 0 Å². The molecule has 1 fully saturated rings. The Hall–Kier alpha value is -1.16. The first kappa shape index (κ1) is 11.3. The normalized spacial score (nSPS) is 14.6. The maximum atomic E-state index is 5.30. The van der Waals surface area contributed by atoms with E-state index in [1.54, 1.807) is 0 Å². The fourth-order valence-electron chi connectivity index (χ4n) is 1.44. The summed E-state index contributed by atoms with van der Waals surface area (Å²) in [4.78, 5) is 6.38. The number of nitrogens with zero attached hydrogens (tertiary/aromatic N) is 2. The Morgan fingerprint density at radius 1 is 1.56 bits per heavy atom. The van der Waals surface area contributed by atoms with Crippen molar-refractivity contribution in [3.8, 4) is 0 Å². The van der Waals surface area contributed by atoms with Gasteiger partial charge in [-0.3, -0.25) is 4.98 Å². The van der Waals surface area contributed by atoms with Crippen LogP contribution in [0.2, 0.25) is 0 Å². The summed E-state index contributed by atoms with van der Waals surface area (Å²) in [6.07, 6.45) is 5.28. The molecule has 4 heteroatoms. The molecular formula is C12H17N3S. The molecule has 0 unspecified atom stereocenters. The first-order valence-electron chi connectivity index (χ1n) is 5.67. The Morgan fingerprint density at radius 2 is 2.38 bits per heavy atom. The van der Waals surface area contributed by atoms with Crippen molar-refractivity contribution in [2.45, 2.75) is 25.3 Å². The van der Waals surface area contributed by atoms with Gasteiger partial charge in [0.2, 0.25) is 0 Å². The van der Waals surface area contributed by atoms with E-state index in [9.17, 15) is 0 Å². The van der Waals surface area contributed by atoms with Crippen LogP contribution in [0, 0.1) is 0 Å². The van der Waals surface area contributed by atoms with Gasteiger partial charge in [0.1, 0.15) is 0 Å². The number of likely N-dealkylation sites (N-methyl/N-ethyl adjacent to an activating group) is 1. The summed E-state index contributed by atoms with van der Waals surface area (Å²) in [6, 6.07) is 6.63. The molecule has 0 aromatic carbocycles. The summed E-state index contributed by atoms with van der Waals surface area (Å²) < 4.78 is 0. The molecule has 0 aliphatic heterocycles. The lowest BCUT2D eigenvalue weighted by Crippen LogP contribution is -2.39. The number of aromatic nitrogens is 1. The molecule has 0 saturated heterocycles. The van der Waals surface area contributed by atoms with Crippen LogP contribution in [-0.2, 0) is 6.42 Å². The minimum Gasteiger partial charge on any atom is -0.360 e. The second kappa shape index (κ2) is 5.25. The lowest BCUT2D eigenvalue weighted by atomic mass is 10.2. The van der Waals surface area contributed by atoms with Crippen LogP contribution in [0.25, 0.3) is 0 Å². The van der Waals surface area contributed by atoms with Crippen molar-refractivity contribution < 1.29 is 0 Å². The van der Waals surface area contributed by atoms with Gasteiger partial charge in [0.15, 0.2) is 5.11 Å². The number of thiocarbonyl (C=S) groups is 1. The van der Waals surface area contributed by atoms with E-state index in [0.717, 1.165) is 23.8 Å². The maximum Gasteiger partial charge on any atom is 0.168 e. The summed E-state index contributed by atoms with van der Waals surface area (Å²) in [5.74, 6) is 0. The Kier molecular flexibility index (Phi) is 3.72. The Labute approximate surface area is 102 Å². The molecule has 0 radical (unpaired) electrons. The van der Waals surface area contributed by atoms with Crippen molar-refractivity contribution in [1.82, 2.24) is 15.2 Å². The minimum absolute atomic E-state index is 0.629. The standard InChI is InChI=1S/C12H17N3S/c1-15(12(16)14-11-5-6-11)9-7-10-4-2-3-8-13-10/h2-4,8,11H,5-7,9H2,1H3,(H,14,16). The second-order valence-corrected chi connectivity index (χ2v) is 4.60. The van der Waals surface area contributed by atoms with E-state index in [2.05, 4.69) is 15.2 Å². The first-order valence-corrected chi connectivity index (χ1v) is 6.08. The summed E-state index contributed by atoms with van der Waals surface area (Å²) in [6.45, 7) is 0.912. The van der Waals surface area contributed by atoms with E-state index >= 15 is 0 Å². The van der Waals surface area contributed by atoms with Crippen molar-refractivity contribution in [3.05, 3.63) is 30.1 Å². The third kappa shape index (κ3) is 3.45. The molecule has 1 N–H and O–H groups in total. The van der Waals surface area contributed by atoms with Gasteiger partial charge in [0.05, 0.1) is 0 Å². The van der Waals surface area contributed by atoms with Gasteiger partial charge in [-0.1, -0.05) is 6.07 Å². The van der Waals surface area contributed by atoms with Crippen molar-refractivity contribution in [2.24, 2.45) is 0 Å². The quantitative estimate of drug-likeness (QED) is 0.802. The summed E-state index contributed by atoms with van der Waals surface area (Å²) in [7, 11) is 2.03. The van der Waals surface area contributed by atoms with Crippen LogP contribution < -0.4 is 5.32 Å². The van der Waals surface area contributed by atoms with Crippen LogP contribution in [0.3, 0.4) is 0 Å². The van der Waals surface area contributed by atoms with Gasteiger partial charge in [0.25, 0.3) is 0 Å². The Balaban J connectivity index is 1.74. The van der Waals surface area contributed by atoms with E-state index in [4.69, 9.17) is 12.2 Å². The van der Waals surface area contributed by atoms with Crippen LogP contribution >= 0.6 is 12.2 Å². The average molecular weight is 235 g/mol. The number of rotatable bonds is 4. The molecule has 1 heterocycles. The summed E-state index contributed by atoms with van der Waals surface area (Å²) in [5, 5.41) is 4.19. The van der Waals surface area contributed by atoms with Gasteiger partial charge in [-0.05, 0) is 37.2 Å². The second-order valence-electron chi connectivity index (χ2n) is 4.22. The van der Waals surface area contributed by atoms with Crippen molar-refractivity contribution in [1.29, 1.82) is 0 Å². The van der Waals surface area contributed by atoms with Crippen LogP contribution in [-0.4, -0.2) is 34.6 Å². The number of pyridine rings is 1. The molecule has 1 aliphatic rings. The van der Waals surface area contributed by atoms with Crippen LogP contribution in [0.15, 0.2) is 24.4 Å². The molecule has 1 aromatic rings. The topological polar surface area (TPSA) is 28.2 Å². The first-order chi connectivity index (χ1) is 7.75. The van der Waals surface area contributed by atoms with Crippen LogP contribution in [0.4, 0.5) is 0 Å². The zero-order chi connectivity index (χ0) is 11.4. The smallest absolute Gasteiger partial charge is 0.168 e. The summed E-state index contributed by atoms with van der Waals surface area (Å²) in [5.41, 5.74) is 1.11. The molecule has 1 aliphatic carbocycles. The molecular weight excluding hydrogens is 218 g/mol. The predicted molar refractivity (Wildman–Crippen MR) is 69.3 cm³/mol. The maximum absolute atomic E-state index is 5.30. The average Bonchev–Trinajstić information content (AvgIpc) is 3.11. The van der Waals surface area contributed by atoms with Crippen LogP contribution in [0.5, 0.6) is 0 Å². The fourth-order valence-corrected chi connectivity index (χ4v) is 1.70. The predicted octanol–water partition coefficient (Wildman–Crippen LogP) is 1.59. The van der Waals surface area contributed by atoms with Gasteiger partial charge in [-0.15, -0.1) is 0 Å². The van der Waals surface area contributed by atoms with E-state index in [1.807, 2.05) is 31.4 Å². The molecule has 0 spiro atoms. The minimum atomic E-state index is 0.629. The van der Waals surface area contributed by atoms with Gasteiger partial charge in [-0.25, -0.2) is 0 Å². The van der Waals surface area contributed by atoms with E-state index in [1.165, 1.54) is 12.8 Å². The highest BCUT2D eigenvalue weighted by atomic mass is 32.1. The van der Waals surface area contributed by atoms with Crippen molar-refractivity contribution >= 4 is 17.3 Å². The fraction of sp³-hybridized carbons (Fsp3) is 0.500. The highest BCUT2D eigenvalue weighted by Crippen LogP contribution is 2.18. The third-order valence-corrected chi connectivity index (χ3v) is 3.11. The molecule has 2 rings (SSSR count). The SMILES string of the molecule is CN(CCc1ccccn1)C(=S)NC1CC1. The lowest BCUT2D eigenvalue weighted by Gasteiger charge is -2.20. The summed E-state index contributed by atoms with van der Waals surface area (Å²) >= 11 is 5.30. The van der Waals surface area contributed by atoms with Crippen LogP contribution in [0.1, 0.15) is 18.5 Å². The van der Waals surface area contributed by atoms with E-state index in [-0.39, 0.29) is 0 Å². The van der Waals surface area contributed by atoms with Gasteiger partial charge < -0.3 is 10.2 Å². The van der Waals surface area contributed by atoms with Gasteiger partial charge in [0, 0.05) is 37.9 Å². The lowest BCUT2D eigenvalue weighted by molar-refractivity contribution is 0.493. The van der Waals surface area contributed by atoms with Crippen molar-refractivity contribution in [3.63, 3.8) is 0 Å². The molecule has 3 nitrogen and oxygen atoms in total. The Bertz CT molecular complexity index is 349. The zero-order valence-electron chi connectivity index (χ0n) is 9.52. The number of hydrogen-bond acceptors (Lipinski definition) is 2. The van der Waals surface area contributed by atoms with Gasteiger partial charge >= 0.3 is 0 Å². The monoisotopic (exact) mass is 235 g/mol. The van der Waals surface area contributed by atoms with E-state index in [0.29, 0.717) is 6.04 Å². The molecule has 1 saturated carbocycles. The number of hydrogen-bond donors (Lipinski definition) is 1. The molecule has 86 valence electrons. The third-order valence-electron chi connectivity index (χ3n) is 2.68. The molecule has 0 amide bonds. The molecule has 0 bridgehead atoms. The molecule has 0 atom stereocenters. The number of nitrogens with one attached hydrogen (secondary N) is 1. The van der Waals surface area contributed by atoms with Gasteiger partial charge in [-0.2, -0.15) is 0 Å².